The molecule has 2 aromatic carbocycles. The lowest BCUT2D eigenvalue weighted by molar-refractivity contribution is 0.102. The molecule has 2 aromatic rings. The van der Waals surface area contributed by atoms with Crippen LogP contribution < -0.4 is 5.32 Å². The van der Waals surface area contributed by atoms with Crippen molar-refractivity contribution >= 4 is 50.1 Å². The van der Waals surface area contributed by atoms with Gasteiger partial charge < -0.3 is 5.32 Å². The van der Waals surface area contributed by atoms with Crippen LogP contribution >= 0.6 is 38.5 Å². The fourth-order valence-electron chi connectivity index (χ4n) is 1.56. The Balaban J connectivity index is 2.25. The third-order valence-electron chi connectivity index (χ3n) is 2.49. The number of amides is 1. The molecule has 0 unspecified atom stereocenters. The molecule has 18 heavy (non-hydrogen) atoms. The molecule has 1 amide bonds. The first-order valence-electron chi connectivity index (χ1n) is 5.40. The van der Waals surface area contributed by atoms with E-state index in [4.69, 9.17) is 0 Å². The molecule has 2 rings (SSSR count). The van der Waals surface area contributed by atoms with Gasteiger partial charge in [0.1, 0.15) is 0 Å². The van der Waals surface area contributed by atoms with E-state index in [0.717, 1.165) is 19.3 Å². The third kappa shape index (κ3) is 3.11. The van der Waals surface area contributed by atoms with Crippen LogP contribution in [0.2, 0.25) is 0 Å². The van der Waals surface area contributed by atoms with E-state index >= 15 is 0 Å². The molecule has 0 atom stereocenters. The van der Waals surface area contributed by atoms with E-state index < -0.39 is 0 Å². The molecule has 0 saturated carbocycles. The lowest BCUT2D eigenvalue weighted by Gasteiger charge is -2.09. The number of hydrogen-bond donors (Lipinski definition) is 1. The smallest absolute Gasteiger partial charge is 0.256 e. The summed E-state index contributed by atoms with van der Waals surface area (Å²) >= 11 is 5.59. The summed E-state index contributed by atoms with van der Waals surface area (Å²) in [6, 6.07) is 13.4. The molecule has 2 nitrogen and oxygen atoms in total. The van der Waals surface area contributed by atoms with Crippen molar-refractivity contribution in [2.24, 2.45) is 0 Å². The number of carbonyl (C=O) groups excluding carboxylic acids is 1. The predicted molar refractivity (Wildman–Crippen MR) is 86.0 cm³/mol. The molecule has 0 aliphatic rings. The minimum atomic E-state index is -0.0914. The molecular formula is C14H11BrINO. The maximum Gasteiger partial charge on any atom is 0.256 e. The largest absolute Gasteiger partial charge is 0.321 e. The van der Waals surface area contributed by atoms with Crippen molar-refractivity contribution in [1.82, 2.24) is 0 Å². The summed E-state index contributed by atoms with van der Waals surface area (Å²) in [7, 11) is 0. The van der Waals surface area contributed by atoms with Crippen molar-refractivity contribution in [3.8, 4) is 0 Å². The highest BCUT2D eigenvalue weighted by molar-refractivity contribution is 14.1. The van der Waals surface area contributed by atoms with E-state index in [-0.39, 0.29) is 5.91 Å². The molecule has 0 saturated heterocycles. The maximum atomic E-state index is 12.2. The minimum absolute atomic E-state index is 0.0914. The molecule has 0 aliphatic heterocycles. The zero-order chi connectivity index (χ0) is 13.1. The summed E-state index contributed by atoms with van der Waals surface area (Å²) in [4.78, 5) is 12.2. The number of rotatable bonds is 2. The quantitative estimate of drug-likeness (QED) is 0.712. The first kappa shape index (κ1) is 13.5. The monoisotopic (exact) mass is 415 g/mol. The van der Waals surface area contributed by atoms with Gasteiger partial charge in [-0.1, -0.05) is 23.8 Å². The standard InChI is InChI=1S/C14H11BrINO/c1-9-6-7-10(12(16)8-9)14(18)17-13-5-3-2-4-11(13)15/h2-8H,1H3,(H,17,18). The van der Waals surface area contributed by atoms with E-state index in [1.165, 1.54) is 0 Å². The van der Waals surface area contributed by atoms with Crippen molar-refractivity contribution in [3.05, 3.63) is 61.6 Å². The minimum Gasteiger partial charge on any atom is -0.321 e. The van der Waals surface area contributed by atoms with Gasteiger partial charge in [-0.3, -0.25) is 4.79 Å². The zero-order valence-electron chi connectivity index (χ0n) is 9.71. The van der Waals surface area contributed by atoms with Crippen LogP contribution in [0.4, 0.5) is 5.69 Å². The highest BCUT2D eigenvalue weighted by atomic mass is 127. The van der Waals surface area contributed by atoms with Crippen molar-refractivity contribution < 1.29 is 4.79 Å². The van der Waals surface area contributed by atoms with Gasteiger partial charge >= 0.3 is 0 Å². The van der Waals surface area contributed by atoms with E-state index in [1.54, 1.807) is 0 Å². The number of nitrogens with one attached hydrogen (secondary N) is 1. The van der Waals surface area contributed by atoms with Crippen molar-refractivity contribution in [1.29, 1.82) is 0 Å². The van der Waals surface area contributed by atoms with Gasteiger partial charge in [0.2, 0.25) is 0 Å². The van der Waals surface area contributed by atoms with E-state index in [2.05, 4.69) is 43.8 Å². The van der Waals surface area contributed by atoms with Crippen LogP contribution in [0.1, 0.15) is 15.9 Å². The molecule has 0 bridgehead atoms. The molecule has 0 aliphatic carbocycles. The first-order chi connectivity index (χ1) is 8.58. The van der Waals surface area contributed by atoms with Crippen LogP contribution in [0.5, 0.6) is 0 Å². The van der Waals surface area contributed by atoms with Crippen molar-refractivity contribution in [2.45, 2.75) is 6.92 Å². The van der Waals surface area contributed by atoms with Gasteiger partial charge in [0.15, 0.2) is 0 Å². The second-order valence-electron chi connectivity index (χ2n) is 3.92. The van der Waals surface area contributed by atoms with Gasteiger partial charge in [0.05, 0.1) is 11.3 Å². The fraction of sp³-hybridized carbons (Fsp3) is 0.0714. The Morgan fingerprint density at radius 3 is 2.61 bits per heavy atom. The predicted octanol–water partition coefficient (Wildman–Crippen LogP) is 4.61. The van der Waals surface area contributed by atoms with Crippen LogP contribution in [0, 0.1) is 10.5 Å². The van der Waals surface area contributed by atoms with Crippen LogP contribution in [0.15, 0.2) is 46.9 Å². The Hall–Kier alpha value is -0.880. The number of aryl methyl sites for hydroxylation is 1. The van der Waals surface area contributed by atoms with Crippen LogP contribution in [0.3, 0.4) is 0 Å². The number of hydrogen-bond acceptors (Lipinski definition) is 1. The van der Waals surface area contributed by atoms with Gasteiger partial charge in [-0.05, 0) is 69.7 Å². The second kappa shape index (κ2) is 5.84. The third-order valence-corrected chi connectivity index (χ3v) is 4.08. The summed E-state index contributed by atoms with van der Waals surface area (Å²) in [5, 5.41) is 2.90. The lowest BCUT2D eigenvalue weighted by Crippen LogP contribution is -2.13. The number of carbonyl (C=O) groups is 1. The Kier molecular flexibility index (Phi) is 4.40. The van der Waals surface area contributed by atoms with Crippen LogP contribution in [0.25, 0.3) is 0 Å². The molecule has 0 spiro atoms. The second-order valence-corrected chi connectivity index (χ2v) is 5.93. The fourth-order valence-corrected chi connectivity index (χ4v) is 2.86. The normalized spacial score (nSPS) is 10.2. The maximum absolute atomic E-state index is 12.2. The SMILES string of the molecule is Cc1ccc(C(=O)Nc2ccccc2Br)c(I)c1. The molecule has 4 heteroatoms. The van der Waals surface area contributed by atoms with Crippen LogP contribution in [-0.2, 0) is 0 Å². The van der Waals surface area contributed by atoms with E-state index in [0.29, 0.717) is 5.56 Å². The van der Waals surface area contributed by atoms with Crippen LogP contribution in [-0.4, -0.2) is 5.91 Å². The lowest BCUT2D eigenvalue weighted by atomic mass is 10.1. The van der Waals surface area contributed by atoms with Gasteiger partial charge in [0.25, 0.3) is 5.91 Å². The Morgan fingerprint density at radius 1 is 1.22 bits per heavy atom. The number of benzene rings is 2. The van der Waals surface area contributed by atoms with Gasteiger partial charge in [-0.25, -0.2) is 0 Å². The Labute approximate surface area is 128 Å². The topological polar surface area (TPSA) is 29.1 Å². The summed E-state index contributed by atoms with van der Waals surface area (Å²) in [6.45, 7) is 2.01. The Bertz CT molecular complexity index is 598. The van der Waals surface area contributed by atoms with Crippen molar-refractivity contribution in [3.63, 3.8) is 0 Å². The summed E-state index contributed by atoms with van der Waals surface area (Å²) in [5.41, 5.74) is 2.62. The highest BCUT2D eigenvalue weighted by Gasteiger charge is 2.11. The first-order valence-corrected chi connectivity index (χ1v) is 7.27. The van der Waals surface area contributed by atoms with E-state index in [9.17, 15) is 4.79 Å². The molecule has 0 radical (unpaired) electrons. The zero-order valence-corrected chi connectivity index (χ0v) is 13.4. The molecule has 0 heterocycles. The average molecular weight is 416 g/mol. The summed E-state index contributed by atoms with van der Waals surface area (Å²) in [6.07, 6.45) is 0. The average Bonchev–Trinajstić information content (AvgIpc) is 2.32. The molecule has 0 fully saturated rings. The van der Waals surface area contributed by atoms with E-state index in [1.807, 2.05) is 49.4 Å². The number of anilines is 1. The molecule has 92 valence electrons. The molecule has 1 N–H and O–H groups in total. The van der Waals surface area contributed by atoms with Gasteiger partial charge in [-0.2, -0.15) is 0 Å². The van der Waals surface area contributed by atoms with Gasteiger partial charge in [0, 0.05) is 8.04 Å². The summed E-state index contributed by atoms with van der Waals surface area (Å²) in [5.74, 6) is -0.0914. The highest BCUT2D eigenvalue weighted by Crippen LogP contribution is 2.23. The van der Waals surface area contributed by atoms with Gasteiger partial charge in [-0.15, -0.1) is 0 Å². The number of para-hydroxylation sites is 1. The number of halogens is 2. The molecular weight excluding hydrogens is 405 g/mol. The van der Waals surface area contributed by atoms with Crippen molar-refractivity contribution in [2.75, 3.05) is 5.32 Å². The molecule has 0 aromatic heterocycles. The summed E-state index contributed by atoms with van der Waals surface area (Å²) < 4.78 is 1.83. The Morgan fingerprint density at radius 2 is 1.94 bits per heavy atom.